The molecule has 0 unspecified atom stereocenters. The molecule has 0 heterocycles. The number of hydrogen-bond acceptors (Lipinski definition) is 4. The van der Waals surface area contributed by atoms with Crippen LogP contribution in [-0.2, 0) is 9.53 Å². The van der Waals surface area contributed by atoms with E-state index >= 15 is 0 Å². The Labute approximate surface area is 135 Å². The van der Waals surface area contributed by atoms with Gasteiger partial charge in [-0.15, -0.1) is 0 Å². The summed E-state index contributed by atoms with van der Waals surface area (Å²) in [6.07, 6.45) is 13.4. The lowest BCUT2D eigenvalue weighted by Gasteiger charge is -2.04. The van der Waals surface area contributed by atoms with Crippen LogP contribution in [0.2, 0.25) is 0 Å². The summed E-state index contributed by atoms with van der Waals surface area (Å²) >= 11 is 0. The van der Waals surface area contributed by atoms with Crippen LogP contribution in [0, 0.1) is 11.3 Å². The van der Waals surface area contributed by atoms with Gasteiger partial charge in [0.1, 0.15) is 6.07 Å². The Kier molecular flexibility index (Phi) is 14.8. The molecular weight excluding hydrogens is 276 g/mol. The van der Waals surface area contributed by atoms with Gasteiger partial charge in [-0.05, 0) is 12.8 Å². The van der Waals surface area contributed by atoms with E-state index < -0.39 is 5.97 Å². The Morgan fingerprint density at radius 1 is 1.00 bits per heavy atom. The van der Waals surface area contributed by atoms with Crippen molar-refractivity contribution in [3.8, 4) is 6.07 Å². The number of hydrogen-bond donors (Lipinski definition) is 1. The van der Waals surface area contributed by atoms with Crippen molar-refractivity contribution >= 4 is 5.97 Å². The average Bonchev–Trinajstić information content (AvgIpc) is 2.53. The van der Waals surface area contributed by atoms with Crippen LogP contribution in [0.15, 0.2) is 11.8 Å². The molecule has 0 fully saturated rings. The zero-order valence-electron chi connectivity index (χ0n) is 14.3. The first kappa shape index (κ1) is 20.5. The Bertz CT molecular complexity index is 345. The van der Waals surface area contributed by atoms with E-state index in [0.29, 0.717) is 6.61 Å². The second-order valence-electron chi connectivity index (χ2n) is 5.59. The van der Waals surface area contributed by atoms with Gasteiger partial charge >= 0.3 is 5.97 Å². The van der Waals surface area contributed by atoms with Crippen molar-refractivity contribution in [1.29, 1.82) is 5.26 Å². The van der Waals surface area contributed by atoms with Gasteiger partial charge in [-0.1, -0.05) is 65.2 Å². The lowest BCUT2D eigenvalue weighted by atomic mass is 10.1. The molecule has 0 aromatic carbocycles. The quantitative estimate of drug-likeness (QED) is 0.223. The Morgan fingerprint density at radius 2 is 1.59 bits per heavy atom. The maximum Gasteiger partial charge on any atom is 0.350 e. The number of carbonyl (C=O) groups is 1. The summed E-state index contributed by atoms with van der Waals surface area (Å²) in [5, 5.41) is 12.0. The lowest BCUT2D eigenvalue weighted by Crippen LogP contribution is -2.13. The molecule has 0 aromatic rings. The summed E-state index contributed by atoms with van der Waals surface area (Å²) in [7, 11) is 0. The normalized spacial score (nSPS) is 11.0. The van der Waals surface area contributed by atoms with Gasteiger partial charge in [0.25, 0.3) is 0 Å². The third kappa shape index (κ3) is 12.3. The number of unbranched alkanes of at least 4 members (excludes halogenated alkanes) is 8. The number of nitriles is 1. The number of rotatable bonds is 14. The van der Waals surface area contributed by atoms with E-state index in [9.17, 15) is 4.79 Å². The summed E-state index contributed by atoms with van der Waals surface area (Å²) in [4.78, 5) is 11.6. The van der Waals surface area contributed by atoms with E-state index in [-0.39, 0.29) is 5.57 Å². The van der Waals surface area contributed by atoms with Crippen molar-refractivity contribution in [1.82, 2.24) is 5.32 Å². The van der Waals surface area contributed by atoms with Crippen LogP contribution in [0.1, 0.15) is 78.1 Å². The van der Waals surface area contributed by atoms with Crippen molar-refractivity contribution < 1.29 is 9.53 Å². The molecule has 0 saturated carbocycles. The highest BCUT2D eigenvalue weighted by Gasteiger charge is 2.09. The van der Waals surface area contributed by atoms with Crippen LogP contribution >= 0.6 is 0 Å². The molecule has 0 spiro atoms. The maximum absolute atomic E-state index is 11.6. The number of esters is 1. The number of nitrogens with one attached hydrogen (secondary N) is 1. The van der Waals surface area contributed by atoms with E-state index in [0.717, 1.165) is 25.8 Å². The minimum absolute atomic E-state index is 0.0515. The number of ether oxygens (including phenoxy) is 1. The minimum Gasteiger partial charge on any atom is -0.462 e. The smallest absolute Gasteiger partial charge is 0.350 e. The standard InChI is InChI=1S/C18H32N2O2/c1-3-5-7-8-9-10-11-12-13-20-16-17(15-19)18(21)22-14-6-4-2/h16,20H,3-14H2,1-2H3. The first-order valence-corrected chi connectivity index (χ1v) is 8.77. The molecule has 0 aliphatic carbocycles. The van der Waals surface area contributed by atoms with E-state index in [1.165, 1.54) is 51.1 Å². The van der Waals surface area contributed by atoms with Crippen molar-refractivity contribution in [2.45, 2.75) is 78.1 Å². The molecule has 4 nitrogen and oxygen atoms in total. The zero-order chi connectivity index (χ0) is 16.5. The molecule has 22 heavy (non-hydrogen) atoms. The second-order valence-corrected chi connectivity index (χ2v) is 5.59. The molecule has 0 atom stereocenters. The predicted octanol–water partition coefficient (Wildman–Crippen LogP) is 4.47. The van der Waals surface area contributed by atoms with Crippen molar-refractivity contribution in [3.63, 3.8) is 0 Å². The highest BCUT2D eigenvalue weighted by atomic mass is 16.5. The minimum atomic E-state index is -0.528. The lowest BCUT2D eigenvalue weighted by molar-refractivity contribution is -0.138. The molecule has 0 bridgehead atoms. The fourth-order valence-electron chi connectivity index (χ4n) is 2.06. The summed E-state index contributed by atoms with van der Waals surface area (Å²) < 4.78 is 5.01. The van der Waals surface area contributed by atoms with Crippen LogP contribution in [-0.4, -0.2) is 19.1 Å². The van der Waals surface area contributed by atoms with Crippen molar-refractivity contribution in [3.05, 3.63) is 11.8 Å². The Balaban J connectivity index is 3.63. The predicted molar refractivity (Wildman–Crippen MR) is 90.2 cm³/mol. The van der Waals surface area contributed by atoms with E-state index in [1.807, 2.05) is 13.0 Å². The van der Waals surface area contributed by atoms with Crippen LogP contribution in [0.4, 0.5) is 0 Å². The van der Waals surface area contributed by atoms with Gasteiger partial charge in [0, 0.05) is 12.7 Å². The first-order chi connectivity index (χ1) is 10.8. The Morgan fingerprint density at radius 3 is 2.18 bits per heavy atom. The van der Waals surface area contributed by atoms with Gasteiger partial charge in [0.15, 0.2) is 5.57 Å². The molecule has 0 amide bonds. The van der Waals surface area contributed by atoms with Crippen molar-refractivity contribution in [2.24, 2.45) is 0 Å². The molecule has 126 valence electrons. The van der Waals surface area contributed by atoms with Crippen LogP contribution < -0.4 is 5.32 Å². The molecule has 0 aromatic heterocycles. The van der Waals surface area contributed by atoms with Gasteiger partial charge in [-0.25, -0.2) is 4.79 Å². The third-order valence-corrected chi connectivity index (χ3v) is 3.49. The third-order valence-electron chi connectivity index (χ3n) is 3.49. The van der Waals surface area contributed by atoms with Gasteiger partial charge < -0.3 is 10.1 Å². The second kappa shape index (κ2) is 15.9. The molecule has 0 radical (unpaired) electrons. The SMILES string of the molecule is CCCCCCCCCCNC=C(C#N)C(=O)OCCCC. The van der Waals surface area contributed by atoms with E-state index in [4.69, 9.17) is 10.00 Å². The van der Waals surface area contributed by atoms with Gasteiger partial charge in [0.2, 0.25) is 0 Å². The molecule has 1 N–H and O–H groups in total. The first-order valence-electron chi connectivity index (χ1n) is 8.77. The van der Waals surface area contributed by atoms with E-state index in [1.54, 1.807) is 0 Å². The van der Waals surface area contributed by atoms with Gasteiger partial charge in [-0.3, -0.25) is 0 Å². The van der Waals surface area contributed by atoms with Crippen LogP contribution in [0.25, 0.3) is 0 Å². The molecule has 0 aliphatic rings. The number of nitrogens with zero attached hydrogens (tertiary/aromatic N) is 1. The molecular formula is C18H32N2O2. The van der Waals surface area contributed by atoms with Crippen LogP contribution in [0.5, 0.6) is 0 Å². The van der Waals surface area contributed by atoms with Crippen LogP contribution in [0.3, 0.4) is 0 Å². The zero-order valence-corrected chi connectivity index (χ0v) is 14.3. The van der Waals surface area contributed by atoms with E-state index in [2.05, 4.69) is 12.2 Å². The number of carbonyl (C=O) groups excluding carboxylic acids is 1. The topological polar surface area (TPSA) is 62.1 Å². The summed E-state index contributed by atoms with van der Waals surface area (Å²) in [5.74, 6) is -0.528. The summed E-state index contributed by atoms with van der Waals surface area (Å²) in [5.41, 5.74) is 0.0515. The Hall–Kier alpha value is -1.50. The summed E-state index contributed by atoms with van der Waals surface area (Å²) in [6.45, 7) is 5.43. The maximum atomic E-state index is 11.6. The van der Waals surface area contributed by atoms with Gasteiger partial charge in [0.05, 0.1) is 6.61 Å². The monoisotopic (exact) mass is 308 g/mol. The summed E-state index contributed by atoms with van der Waals surface area (Å²) in [6, 6.07) is 1.88. The molecule has 0 saturated heterocycles. The molecule has 0 rings (SSSR count). The molecule has 0 aliphatic heterocycles. The highest BCUT2D eigenvalue weighted by molar-refractivity contribution is 5.92. The van der Waals surface area contributed by atoms with Gasteiger partial charge in [-0.2, -0.15) is 5.26 Å². The average molecular weight is 308 g/mol. The fraction of sp³-hybridized carbons (Fsp3) is 0.778. The molecule has 4 heteroatoms. The highest BCUT2D eigenvalue weighted by Crippen LogP contribution is 2.08. The van der Waals surface area contributed by atoms with Crippen molar-refractivity contribution in [2.75, 3.05) is 13.2 Å². The fourth-order valence-corrected chi connectivity index (χ4v) is 2.06. The largest absolute Gasteiger partial charge is 0.462 e.